The van der Waals surface area contributed by atoms with Gasteiger partial charge in [0.2, 0.25) is 0 Å². The second-order valence-corrected chi connectivity index (χ2v) is 7.57. The summed E-state index contributed by atoms with van der Waals surface area (Å²) in [5.74, 6) is -1.96. The number of carbonyl (C=O) groups is 2. The quantitative estimate of drug-likeness (QED) is 0.381. The van der Waals surface area contributed by atoms with Crippen LogP contribution in [-0.2, 0) is 14.3 Å². The van der Waals surface area contributed by atoms with Gasteiger partial charge in [0.05, 0.1) is 37.0 Å². The molecule has 0 aliphatic carbocycles. The number of nitrogens with zero attached hydrogens (tertiary/aromatic N) is 1. The second kappa shape index (κ2) is 9.82. The normalized spacial score (nSPS) is 17.8. The molecule has 1 fully saturated rings. The van der Waals surface area contributed by atoms with E-state index in [4.69, 9.17) is 14.2 Å². The molecule has 32 heavy (non-hydrogen) atoms. The number of rotatable bonds is 8. The average Bonchev–Trinajstić information content (AvgIpc) is 3.02. The highest BCUT2D eigenvalue weighted by atomic mass is 19.1. The smallest absolute Gasteiger partial charge is 0.295 e. The molecule has 0 saturated carbocycles. The fourth-order valence-corrected chi connectivity index (χ4v) is 3.66. The Bertz CT molecular complexity index is 1030. The minimum Gasteiger partial charge on any atom is -0.507 e. The molecule has 0 bridgehead atoms. The summed E-state index contributed by atoms with van der Waals surface area (Å²) < 4.78 is 29.9. The molecule has 0 radical (unpaired) electrons. The van der Waals surface area contributed by atoms with Gasteiger partial charge in [-0.15, -0.1) is 0 Å². The van der Waals surface area contributed by atoms with Gasteiger partial charge < -0.3 is 24.2 Å². The van der Waals surface area contributed by atoms with Crippen molar-refractivity contribution in [3.63, 3.8) is 0 Å². The first-order valence-electron chi connectivity index (χ1n) is 10.2. The van der Waals surface area contributed by atoms with Crippen molar-refractivity contribution in [3.05, 3.63) is 65.0 Å². The largest absolute Gasteiger partial charge is 0.507 e. The van der Waals surface area contributed by atoms with E-state index in [9.17, 15) is 19.1 Å². The number of hydrogen-bond donors (Lipinski definition) is 1. The van der Waals surface area contributed by atoms with Gasteiger partial charge in [-0.25, -0.2) is 4.39 Å². The highest BCUT2D eigenvalue weighted by Crippen LogP contribution is 2.41. The van der Waals surface area contributed by atoms with Crippen LogP contribution in [0.3, 0.4) is 0 Å². The number of hydrogen-bond acceptors (Lipinski definition) is 6. The standard InChI is InChI=1S/C24H26FNO6/c1-14(2)32-17-8-5-15(6-9-17)21-20(23(28)24(29)26(21)11-12-30-3)22(27)18-13-16(25)7-10-19(18)31-4/h5-10,13-14,21,27H,11-12H2,1-4H3/b22-20+. The molecule has 0 spiro atoms. The van der Waals surface area contributed by atoms with E-state index in [1.54, 1.807) is 24.3 Å². The summed E-state index contributed by atoms with van der Waals surface area (Å²) in [6, 6.07) is 9.62. The van der Waals surface area contributed by atoms with Gasteiger partial charge in [0, 0.05) is 13.7 Å². The predicted octanol–water partition coefficient (Wildman–Crippen LogP) is 3.69. The Morgan fingerprint density at radius 3 is 2.41 bits per heavy atom. The van der Waals surface area contributed by atoms with Crippen LogP contribution in [0.25, 0.3) is 5.76 Å². The van der Waals surface area contributed by atoms with Crippen LogP contribution in [0, 0.1) is 5.82 Å². The van der Waals surface area contributed by atoms with Gasteiger partial charge in [0.25, 0.3) is 11.7 Å². The molecule has 1 N–H and O–H groups in total. The molecule has 1 amide bonds. The predicted molar refractivity (Wildman–Crippen MR) is 116 cm³/mol. The van der Waals surface area contributed by atoms with Gasteiger partial charge in [-0.3, -0.25) is 9.59 Å². The summed E-state index contributed by atoms with van der Waals surface area (Å²) in [5.41, 5.74) is 0.433. The molecule has 1 saturated heterocycles. The summed E-state index contributed by atoms with van der Waals surface area (Å²) in [4.78, 5) is 27.1. The third-order valence-corrected chi connectivity index (χ3v) is 5.06. The van der Waals surface area contributed by atoms with Crippen molar-refractivity contribution < 1.29 is 33.3 Å². The maximum atomic E-state index is 13.9. The van der Waals surface area contributed by atoms with Crippen LogP contribution in [0.4, 0.5) is 4.39 Å². The zero-order valence-corrected chi connectivity index (χ0v) is 18.4. The monoisotopic (exact) mass is 443 g/mol. The molecule has 1 unspecified atom stereocenters. The molecule has 1 heterocycles. The van der Waals surface area contributed by atoms with Crippen molar-refractivity contribution in [2.24, 2.45) is 0 Å². The summed E-state index contributed by atoms with van der Waals surface area (Å²) in [6.07, 6.45) is -0.0198. The van der Waals surface area contributed by atoms with Crippen molar-refractivity contribution in [3.8, 4) is 11.5 Å². The number of methoxy groups -OCH3 is 2. The van der Waals surface area contributed by atoms with Crippen molar-refractivity contribution in [1.82, 2.24) is 4.90 Å². The Labute approximate surface area is 186 Å². The molecule has 8 heteroatoms. The maximum Gasteiger partial charge on any atom is 0.295 e. The van der Waals surface area contributed by atoms with E-state index >= 15 is 0 Å². The zero-order valence-electron chi connectivity index (χ0n) is 18.4. The second-order valence-electron chi connectivity index (χ2n) is 7.57. The van der Waals surface area contributed by atoms with Crippen molar-refractivity contribution >= 4 is 17.4 Å². The average molecular weight is 443 g/mol. The van der Waals surface area contributed by atoms with Crippen LogP contribution in [0.15, 0.2) is 48.0 Å². The van der Waals surface area contributed by atoms with Gasteiger partial charge in [-0.05, 0) is 49.7 Å². The van der Waals surface area contributed by atoms with Crippen LogP contribution < -0.4 is 9.47 Å². The molecular weight excluding hydrogens is 417 g/mol. The van der Waals surface area contributed by atoms with E-state index in [0.29, 0.717) is 11.3 Å². The van der Waals surface area contributed by atoms with E-state index in [2.05, 4.69) is 0 Å². The van der Waals surface area contributed by atoms with Crippen LogP contribution in [0.2, 0.25) is 0 Å². The topological polar surface area (TPSA) is 85.3 Å². The van der Waals surface area contributed by atoms with Crippen LogP contribution >= 0.6 is 0 Å². The van der Waals surface area contributed by atoms with E-state index < -0.39 is 29.3 Å². The molecule has 3 rings (SSSR count). The van der Waals surface area contributed by atoms with Crippen molar-refractivity contribution in [1.29, 1.82) is 0 Å². The van der Waals surface area contributed by atoms with Gasteiger partial charge in [-0.2, -0.15) is 0 Å². The first-order chi connectivity index (χ1) is 15.3. The fraction of sp³-hybridized carbons (Fsp3) is 0.333. The minimum absolute atomic E-state index is 0.0120. The summed E-state index contributed by atoms with van der Waals surface area (Å²) >= 11 is 0. The number of Topliss-reactive ketones (excluding diaryl/α,β-unsaturated/α-hetero) is 1. The summed E-state index contributed by atoms with van der Waals surface area (Å²) in [5, 5.41) is 11.1. The number of aliphatic hydroxyl groups is 1. The van der Waals surface area contributed by atoms with Crippen LogP contribution in [-0.4, -0.2) is 55.2 Å². The zero-order chi connectivity index (χ0) is 23.4. The van der Waals surface area contributed by atoms with Gasteiger partial charge in [-0.1, -0.05) is 12.1 Å². The maximum absolute atomic E-state index is 13.9. The van der Waals surface area contributed by atoms with Gasteiger partial charge in [0.15, 0.2) is 0 Å². The Morgan fingerprint density at radius 2 is 1.81 bits per heavy atom. The van der Waals surface area contributed by atoms with E-state index in [1.165, 1.54) is 31.3 Å². The molecule has 7 nitrogen and oxygen atoms in total. The van der Waals surface area contributed by atoms with Gasteiger partial charge >= 0.3 is 0 Å². The number of benzene rings is 2. The fourth-order valence-electron chi connectivity index (χ4n) is 3.66. The molecule has 0 aromatic heterocycles. The number of carbonyl (C=O) groups excluding carboxylic acids is 2. The lowest BCUT2D eigenvalue weighted by atomic mass is 9.95. The lowest BCUT2D eigenvalue weighted by Crippen LogP contribution is -2.32. The van der Waals surface area contributed by atoms with E-state index in [0.717, 1.165) is 6.07 Å². The highest BCUT2D eigenvalue weighted by Gasteiger charge is 2.46. The number of aliphatic hydroxyl groups excluding tert-OH is 1. The summed E-state index contributed by atoms with van der Waals surface area (Å²) in [7, 11) is 2.85. The number of likely N-dealkylation sites (tertiary alicyclic amines) is 1. The Kier molecular flexibility index (Phi) is 7.15. The number of ether oxygens (including phenoxy) is 3. The number of ketones is 1. The lowest BCUT2D eigenvalue weighted by molar-refractivity contribution is -0.140. The first-order valence-corrected chi connectivity index (χ1v) is 10.2. The third-order valence-electron chi connectivity index (χ3n) is 5.06. The highest BCUT2D eigenvalue weighted by molar-refractivity contribution is 6.46. The molecule has 1 aliphatic rings. The van der Waals surface area contributed by atoms with Crippen molar-refractivity contribution in [2.45, 2.75) is 26.0 Å². The molecule has 170 valence electrons. The Balaban J connectivity index is 2.16. The summed E-state index contributed by atoms with van der Waals surface area (Å²) in [6.45, 7) is 4.13. The Morgan fingerprint density at radius 1 is 1.12 bits per heavy atom. The number of halogens is 1. The molecular formula is C24H26FNO6. The van der Waals surface area contributed by atoms with Gasteiger partial charge in [0.1, 0.15) is 23.1 Å². The van der Waals surface area contributed by atoms with E-state index in [-0.39, 0.29) is 36.1 Å². The first kappa shape index (κ1) is 23.3. The van der Waals surface area contributed by atoms with Crippen LogP contribution in [0.1, 0.15) is 31.0 Å². The number of amides is 1. The van der Waals surface area contributed by atoms with Crippen molar-refractivity contribution in [2.75, 3.05) is 27.4 Å². The van der Waals surface area contributed by atoms with E-state index in [1.807, 2.05) is 13.8 Å². The minimum atomic E-state index is -0.883. The third kappa shape index (κ3) is 4.60. The Hall–Kier alpha value is -3.39. The molecule has 2 aromatic rings. The molecule has 1 atom stereocenters. The van der Waals surface area contributed by atoms with Crippen LogP contribution in [0.5, 0.6) is 11.5 Å². The lowest BCUT2D eigenvalue weighted by Gasteiger charge is -2.25. The molecule has 2 aromatic carbocycles. The SMILES string of the molecule is COCCN1C(=O)C(=O)/C(=C(/O)c2cc(F)ccc2OC)C1c1ccc(OC(C)C)cc1. The molecule has 1 aliphatic heterocycles.